The maximum absolute atomic E-state index is 8.80. The van der Waals surface area contributed by atoms with E-state index >= 15 is 0 Å². The first kappa shape index (κ1) is 30.2. The van der Waals surface area contributed by atoms with Crippen molar-refractivity contribution in [2.45, 2.75) is 0 Å². The molecule has 0 aliphatic carbocycles. The van der Waals surface area contributed by atoms with Gasteiger partial charge < -0.3 is 0 Å². The van der Waals surface area contributed by atoms with Crippen molar-refractivity contribution < 1.29 is 82.2 Å². The molecule has 0 atom stereocenters. The van der Waals surface area contributed by atoms with Crippen LogP contribution >= 0.6 is 0 Å². The zero-order valence-corrected chi connectivity index (χ0v) is 9.62. The molecule has 0 bridgehead atoms. The first-order valence-corrected chi connectivity index (χ1v) is 2.67. The van der Waals surface area contributed by atoms with Gasteiger partial charge in [-0.3, -0.25) is 0 Å². The summed E-state index contributed by atoms with van der Waals surface area (Å²) < 4.78 is 31.8. The summed E-state index contributed by atoms with van der Waals surface area (Å²) in [5.74, 6) is 0. The smallest absolute Gasteiger partial charge is 0 e. The van der Waals surface area contributed by atoms with Crippen molar-refractivity contribution in [2.24, 2.45) is 0 Å². The van der Waals surface area contributed by atoms with Crippen LogP contribution in [0, 0.1) is 0 Å². The summed E-state index contributed by atoms with van der Waals surface area (Å²) in [5.41, 5.74) is 0. The summed E-state index contributed by atoms with van der Waals surface area (Å²) in [5, 5.41) is 0. The van der Waals surface area contributed by atoms with E-state index in [2.05, 4.69) is 0 Å². The van der Waals surface area contributed by atoms with Gasteiger partial charge in [0, 0.05) is 52.7 Å². The van der Waals surface area contributed by atoms with Crippen LogP contribution in [0.2, 0.25) is 0 Å². The van der Waals surface area contributed by atoms with Gasteiger partial charge in [-0.1, -0.05) is 0 Å². The quantitative estimate of drug-likeness (QED) is 0.507. The van der Waals surface area contributed by atoms with Crippen molar-refractivity contribution >= 4 is 18.9 Å². The van der Waals surface area contributed by atoms with Crippen LogP contribution in [-0.2, 0) is 73.8 Å². The van der Waals surface area contributed by atoms with Crippen molar-refractivity contribution in [2.75, 3.05) is 0 Å². The molecule has 2 N–H and O–H groups in total. The molecule has 0 aromatic carbocycles. The van der Waals surface area contributed by atoms with Gasteiger partial charge in [-0.05, 0) is 0 Å². The fraction of sp³-hybridized carbons (Fsp3) is 0. The first-order chi connectivity index (χ1) is 2.00. The van der Waals surface area contributed by atoms with Crippen LogP contribution in [0.3, 0.4) is 0 Å². The summed E-state index contributed by atoms with van der Waals surface area (Å²) >= 11 is -5.12. The molecule has 0 amide bonds. The van der Waals surface area contributed by atoms with Crippen LogP contribution in [0.5, 0.6) is 0 Å². The van der Waals surface area contributed by atoms with Gasteiger partial charge in [0.2, 0.25) is 0 Å². The van der Waals surface area contributed by atoms with Gasteiger partial charge in [-0.2, -0.15) is 0 Å². The Hall–Kier alpha value is 2.26. The van der Waals surface area contributed by atoms with E-state index in [1.54, 1.807) is 0 Å². The van der Waals surface area contributed by atoms with Crippen molar-refractivity contribution in [3.63, 3.8) is 0 Å². The van der Waals surface area contributed by atoms with Gasteiger partial charge in [-0.15, -0.1) is 0 Å². The van der Waals surface area contributed by atoms with Crippen LogP contribution in [0.25, 0.3) is 0 Å². The molecule has 0 aromatic rings. The Balaban J connectivity index is -0.0000000133. The summed E-state index contributed by atoms with van der Waals surface area (Å²) in [4.78, 5) is 0. The Morgan fingerprint density at radius 2 is 1.11 bits per heavy atom. The van der Waals surface area contributed by atoms with E-state index in [4.69, 9.17) is 16.0 Å². The average molecular weight is 312 g/mol. The van der Waals surface area contributed by atoms with Gasteiger partial charge >= 0.3 is 48.3 Å². The molecule has 1 radical (unpaired) electrons. The minimum atomic E-state index is -5.12. The van der Waals surface area contributed by atoms with E-state index in [1.165, 1.54) is 0 Å². The largest absolute Gasteiger partial charge is 0 e. The maximum atomic E-state index is 8.80. The third-order valence-electron chi connectivity index (χ3n) is 0. The Morgan fingerprint density at radius 1 is 1.11 bits per heavy atom. The van der Waals surface area contributed by atoms with Crippen molar-refractivity contribution in [3.05, 3.63) is 0 Å². The van der Waals surface area contributed by atoms with Crippen molar-refractivity contribution in [1.29, 1.82) is 0 Å². The minimum Gasteiger partial charge on any atom is 0 e. The third kappa shape index (κ3) is 137. The number of rotatable bonds is 0. The van der Waals surface area contributed by atoms with E-state index < -0.39 is 13.4 Å². The molecular formula is H3CoLiMnNiO4Zn. The molecule has 0 rings (SSSR count). The normalized spacial score (nSPS) is 6.44. The molecule has 0 saturated heterocycles. The zero-order valence-electron chi connectivity index (χ0n) is 3.45. The van der Waals surface area contributed by atoms with Crippen molar-refractivity contribution in [1.82, 2.24) is 0 Å². The summed E-state index contributed by atoms with van der Waals surface area (Å²) in [6.45, 7) is 0. The SMILES string of the molecule is [Co].[LiH].[Ni].[O]=[Mn](=[O])([OH])[OH].[Zn]. The fourth-order valence-corrected chi connectivity index (χ4v) is 0. The zero-order chi connectivity index (χ0) is 4.50. The Labute approximate surface area is 99.9 Å². The predicted octanol–water partition coefficient (Wildman–Crippen LogP) is -2.01. The molecule has 9 heteroatoms. The average Bonchev–Trinajstić information content (AvgIpc) is 0.722. The first-order valence-electron chi connectivity index (χ1n) is 0.647. The molecule has 0 saturated carbocycles. The molecule has 0 aromatic heterocycles. The summed E-state index contributed by atoms with van der Waals surface area (Å²) in [6.07, 6.45) is 0. The minimum absolute atomic E-state index is 0. The van der Waals surface area contributed by atoms with Crippen molar-refractivity contribution in [3.8, 4) is 0 Å². The molecular weight excluding hydrogens is 309 g/mol. The van der Waals surface area contributed by atoms with Gasteiger partial charge in [0.25, 0.3) is 0 Å². The third-order valence-corrected chi connectivity index (χ3v) is 0. The number of hydrogen-bond acceptors (Lipinski definition) is 2. The van der Waals surface area contributed by atoms with Crippen LogP contribution in [-0.4, -0.2) is 27.2 Å². The van der Waals surface area contributed by atoms with E-state index in [1.807, 2.05) is 0 Å². The second-order valence-electron chi connectivity index (χ2n) is 0.415. The molecule has 4 nitrogen and oxygen atoms in total. The Kier molecular flexibility index (Phi) is 43.3. The molecule has 0 heterocycles. The molecule has 0 spiro atoms. The van der Waals surface area contributed by atoms with E-state index in [0.29, 0.717) is 0 Å². The predicted molar refractivity (Wildman–Crippen MR) is 13.0 cm³/mol. The number of hydrogen-bond donors (Lipinski definition) is 2. The van der Waals surface area contributed by atoms with E-state index in [9.17, 15) is 0 Å². The molecule has 0 aliphatic heterocycles. The molecule has 0 unspecified atom stereocenters. The Bertz CT molecular complexity index is 104. The van der Waals surface area contributed by atoms with Crippen LogP contribution in [0.1, 0.15) is 0 Å². The van der Waals surface area contributed by atoms with Crippen LogP contribution in [0.15, 0.2) is 0 Å². The molecule has 9 heavy (non-hydrogen) atoms. The maximum Gasteiger partial charge on any atom is 0 e. The van der Waals surface area contributed by atoms with E-state index in [0.717, 1.165) is 0 Å². The monoisotopic (exact) mass is 310 g/mol. The topological polar surface area (TPSA) is 74.6 Å². The summed E-state index contributed by atoms with van der Waals surface area (Å²) in [6, 6.07) is 0. The van der Waals surface area contributed by atoms with E-state index in [-0.39, 0.29) is 71.6 Å². The van der Waals surface area contributed by atoms with Gasteiger partial charge in [0.1, 0.15) is 0 Å². The van der Waals surface area contributed by atoms with Crippen LogP contribution < -0.4 is 0 Å². The van der Waals surface area contributed by atoms with Crippen LogP contribution in [0.4, 0.5) is 0 Å². The van der Waals surface area contributed by atoms with Gasteiger partial charge in [0.05, 0.1) is 0 Å². The Morgan fingerprint density at radius 3 is 1.11 bits per heavy atom. The standard InChI is InChI=1S/Co.Li.Mn.Ni.2H2O.2O.Zn.H/h;;;;2*1H2;;;;/q;;+2;;;;;;;/p-2. The van der Waals surface area contributed by atoms with Gasteiger partial charge in [-0.25, -0.2) is 0 Å². The molecule has 0 fully saturated rings. The van der Waals surface area contributed by atoms with Gasteiger partial charge in [0.15, 0.2) is 0 Å². The second kappa shape index (κ2) is 12.9. The second-order valence-corrected chi connectivity index (χ2v) is 1.71. The summed E-state index contributed by atoms with van der Waals surface area (Å²) in [7, 11) is 0. The molecule has 0 aliphatic rings. The molecule has 56 valence electrons. The fourth-order valence-electron chi connectivity index (χ4n) is 0.